The van der Waals surface area contributed by atoms with Crippen LogP contribution >= 0.6 is 11.6 Å². The smallest absolute Gasteiger partial charge is 0.207 e. The van der Waals surface area contributed by atoms with Gasteiger partial charge in [-0.1, -0.05) is 60.1 Å². The van der Waals surface area contributed by atoms with Crippen LogP contribution < -0.4 is 15.9 Å². The van der Waals surface area contributed by atoms with Gasteiger partial charge in [0.25, 0.3) is 0 Å². The van der Waals surface area contributed by atoms with Gasteiger partial charge in [0, 0.05) is 22.2 Å². The van der Waals surface area contributed by atoms with Crippen LogP contribution in [0.3, 0.4) is 0 Å². The lowest BCUT2D eigenvalue weighted by atomic mass is 9.99. The lowest BCUT2D eigenvalue weighted by Crippen LogP contribution is -2.41. The Labute approximate surface area is 184 Å². The molecular weight excluding hydrogens is 410 g/mol. The average Bonchev–Trinajstić information content (AvgIpc) is 2.81. The third-order valence-electron chi connectivity index (χ3n) is 4.85. The minimum atomic E-state index is -0.504. The summed E-state index contributed by atoms with van der Waals surface area (Å²) < 4.78 is 0. The van der Waals surface area contributed by atoms with Crippen LogP contribution in [0.1, 0.15) is 17.2 Å². The minimum absolute atomic E-state index is 0.114. The van der Waals surface area contributed by atoms with Crippen LogP contribution in [0, 0.1) is 11.5 Å². The number of H-pyrrole nitrogens is 1. The molecule has 0 saturated heterocycles. The third kappa shape index (κ3) is 4.48. The molecule has 1 aromatic heterocycles. The second-order valence-corrected chi connectivity index (χ2v) is 7.22. The van der Waals surface area contributed by atoms with Crippen molar-refractivity contribution in [2.75, 3.05) is 5.01 Å². The highest BCUT2D eigenvalue weighted by Crippen LogP contribution is 2.24. The molecule has 0 aliphatic heterocycles. The molecule has 31 heavy (non-hydrogen) atoms. The van der Waals surface area contributed by atoms with Crippen molar-refractivity contribution in [3.63, 3.8) is 0 Å². The molecule has 7 heteroatoms. The first kappa shape index (κ1) is 20.4. The van der Waals surface area contributed by atoms with Crippen molar-refractivity contribution in [2.45, 2.75) is 6.04 Å². The molecule has 1 atom stereocenters. The van der Waals surface area contributed by atoms with Gasteiger partial charge >= 0.3 is 0 Å². The summed E-state index contributed by atoms with van der Waals surface area (Å²) in [5, 5.41) is 11.7. The third-order valence-corrected chi connectivity index (χ3v) is 5.08. The van der Waals surface area contributed by atoms with Gasteiger partial charge in [0.1, 0.15) is 6.34 Å². The number of benzene rings is 3. The largest absolute Gasteiger partial charge is 0.361 e. The maximum Gasteiger partial charge on any atom is 0.207 e. The van der Waals surface area contributed by atoms with Gasteiger partial charge in [-0.3, -0.25) is 9.80 Å². The van der Waals surface area contributed by atoms with E-state index >= 15 is 0 Å². The Morgan fingerprint density at radius 1 is 1.06 bits per heavy atom. The number of para-hydroxylation sites is 1. The van der Waals surface area contributed by atoms with Gasteiger partial charge < -0.3 is 4.98 Å². The molecule has 0 amide bonds. The summed E-state index contributed by atoms with van der Waals surface area (Å²) >= 11 is 6.07. The number of halogens is 1. The zero-order valence-corrected chi connectivity index (χ0v) is 17.1. The number of anilines is 1. The number of nitriles is 1. The van der Waals surface area contributed by atoms with E-state index in [0.717, 1.165) is 11.3 Å². The lowest BCUT2D eigenvalue weighted by molar-refractivity contribution is 0.627. The molecule has 0 aliphatic carbocycles. The fourth-order valence-electron chi connectivity index (χ4n) is 3.38. The number of rotatable bonds is 6. The van der Waals surface area contributed by atoms with Crippen LogP contribution in [-0.2, 0) is 0 Å². The Balaban J connectivity index is 1.84. The Bertz CT molecular complexity index is 1310. The van der Waals surface area contributed by atoms with Gasteiger partial charge in [-0.15, -0.1) is 0 Å². The Morgan fingerprint density at radius 2 is 1.77 bits per heavy atom. The molecule has 4 rings (SSSR count). The first-order valence-electron chi connectivity index (χ1n) is 9.56. The molecule has 2 N–H and O–H groups in total. The van der Waals surface area contributed by atoms with E-state index in [4.69, 9.17) is 16.9 Å². The average molecular weight is 428 g/mol. The number of nitrogens with zero attached hydrogens (tertiary/aromatic N) is 3. The maximum absolute atomic E-state index is 13.4. The Kier molecular flexibility index (Phi) is 6.08. The number of aliphatic imine (C=N–C) groups is 1. The van der Waals surface area contributed by atoms with Gasteiger partial charge in [0.05, 0.1) is 17.2 Å². The molecule has 4 aromatic rings. The molecule has 152 valence electrons. The van der Waals surface area contributed by atoms with E-state index in [2.05, 4.69) is 15.4 Å². The van der Waals surface area contributed by atoms with E-state index in [1.54, 1.807) is 35.6 Å². The van der Waals surface area contributed by atoms with Crippen LogP contribution in [0.5, 0.6) is 0 Å². The second-order valence-electron chi connectivity index (χ2n) is 6.79. The van der Waals surface area contributed by atoms with E-state index in [1.165, 1.54) is 6.34 Å². The highest BCUT2D eigenvalue weighted by molar-refractivity contribution is 6.31. The van der Waals surface area contributed by atoms with Crippen molar-refractivity contribution in [1.82, 2.24) is 10.4 Å². The molecule has 6 nitrogen and oxygen atoms in total. The van der Waals surface area contributed by atoms with Crippen molar-refractivity contribution >= 4 is 34.5 Å². The number of hydrogen-bond acceptors (Lipinski definition) is 4. The van der Waals surface area contributed by atoms with Crippen molar-refractivity contribution in [3.8, 4) is 6.19 Å². The number of aromatic amines is 1. The second kappa shape index (κ2) is 9.26. The van der Waals surface area contributed by atoms with Crippen molar-refractivity contribution in [2.24, 2.45) is 4.99 Å². The standard InChI is InChI=1S/C24H18ClN5O/c25-18-11-12-20-22(13-18)28-14-21(24(20)31)23(17-7-3-1-4-8-17)29-30(16-27-15-26)19-9-5-2-6-10-19/h1-14,16,23,29H,(H,28,31). The SMILES string of the molecule is N#CN=CN(NC(c1ccccc1)c1c[nH]c2cc(Cl)ccc2c1=O)c1ccccc1. The van der Waals surface area contributed by atoms with E-state index in [1.807, 2.05) is 60.7 Å². The van der Waals surface area contributed by atoms with Crippen molar-refractivity contribution in [3.05, 3.63) is 111 Å². The first-order chi connectivity index (χ1) is 15.2. The summed E-state index contributed by atoms with van der Waals surface area (Å²) in [5.41, 5.74) is 6.07. The Hall–Kier alpha value is -3.92. The summed E-state index contributed by atoms with van der Waals surface area (Å²) in [7, 11) is 0. The summed E-state index contributed by atoms with van der Waals surface area (Å²) in [6, 6.07) is 23.7. The highest BCUT2D eigenvalue weighted by atomic mass is 35.5. The molecule has 0 radical (unpaired) electrons. The van der Waals surface area contributed by atoms with Gasteiger partial charge in [-0.2, -0.15) is 10.3 Å². The van der Waals surface area contributed by atoms with Gasteiger partial charge in [-0.05, 0) is 35.9 Å². The summed E-state index contributed by atoms with van der Waals surface area (Å²) in [6.45, 7) is 0. The monoisotopic (exact) mass is 427 g/mol. The fourth-order valence-corrected chi connectivity index (χ4v) is 3.55. The zero-order valence-electron chi connectivity index (χ0n) is 16.4. The van der Waals surface area contributed by atoms with E-state index in [-0.39, 0.29) is 5.43 Å². The molecule has 0 spiro atoms. The van der Waals surface area contributed by atoms with Crippen LogP contribution in [-0.4, -0.2) is 11.3 Å². The van der Waals surface area contributed by atoms with E-state index < -0.39 is 6.04 Å². The number of pyridine rings is 1. The molecule has 0 bridgehead atoms. The molecule has 3 aromatic carbocycles. The fraction of sp³-hybridized carbons (Fsp3) is 0.0417. The molecule has 0 aliphatic rings. The summed E-state index contributed by atoms with van der Waals surface area (Å²) in [5.74, 6) is 0. The molecule has 0 fully saturated rings. The van der Waals surface area contributed by atoms with Gasteiger partial charge in [-0.25, -0.2) is 5.43 Å². The number of fused-ring (bicyclic) bond motifs is 1. The zero-order chi connectivity index (χ0) is 21.6. The number of aromatic nitrogens is 1. The predicted molar refractivity (Wildman–Crippen MR) is 124 cm³/mol. The predicted octanol–water partition coefficient (Wildman–Crippen LogP) is 4.79. The topological polar surface area (TPSA) is 84.3 Å². The van der Waals surface area contributed by atoms with Crippen molar-refractivity contribution in [1.29, 1.82) is 5.26 Å². The molecular formula is C24H18ClN5O. The number of nitrogens with one attached hydrogen (secondary N) is 2. The maximum atomic E-state index is 13.4. The summed E-state index contributed by atoms with van der Waals surface area (Å²) in [6.07, 6.45) is 4.85. The Morgan fingerprint density at radius 3 is 2.48 bits per heavy atom. The minimum Gasteiger partial charge on any atom is -0.361 e. The van der Waals surface area contributed by atoms with Crippen LogP contribution in [0.2, 0.25) is 5.02 Å². The van der Waals surface area contributed by atoms with Crippen molar-refractivity contribution < 1.29 is 0 Å². The first-order valence-corrected chi connectivity index (χ1v) is 9.93. The molecule has 1 heterocycles. The normalized spacial score (nSPS) is 12.0. The quantitative estimate of drug-likeness (QED) is 0.200. The van der Waals surface area contributed by atoms with E-state index in [0.29, 0.717) is 21.5 Å². The molecule has 1 unspecified atom stereocenters. The van der Waals surface area contributed by atoms with Crippen LogP contribution in [0.4, 0.5) is 5.69 Å². The summed E-state index contributed by atoms with van der Waals surface area (Å²) in [4.78, 5) is 20.3. The number of hydrazine groups is 1. The van der Waals surface area contributed by atoms with Gasteiger partial charge in [0.2, 0.25) is 6.19 Å². The van der Waals surface area contributed by atoms with E-state index in [9.17, 15) is 4.79 Å². The highest BCUT2D eigenvalue weighted by Gasteiger charge is 2.21. The molecule has 0 saturated carbocycles. The van der Waals surface area contributed by atoms with Gasteiger partial charge in [0.15, 0.2) is 5.43 Å². The van der Waals surface area contributed by atoms with Crippen LogP contribution in [0.15, 0.2) is 94.8 Å². The number of hydrogen-bond donors (Lipinski definition) is 2. The lowest BCUT2D eigenvalue weighted by Gasteiger charge is -2.27. The van der Waals surface area contributed by atoms with Crippen LogP contribution in [0.25, 0.3) is 10.9 Å².